The van der Waals surface area contributed by atoms with E-state index in [1.54, 1.807) is 46.3 Å². The highest BCUT2D eigenvalue weighted by Crippen LogP contribution is 2.34. The second-order valence-corrected chi connectivity index (χ2v) is 8.17. The maximum atomic E-state index is 12.4. The first-order valence-electron chi connectivity index (χ1n) is 8.70. The molecule has 0 unspecified atom stereocenters. The zero-order valence-corrected chi connectivity index (χ0v) is 18.4. The van der Waals surface area contributed by atoms with Crippen molar-refractivity contribution in [3.8, 4) is 0 Å². The van der Waals surface area contributed by atoms with Gasteiger partial charge in [-0.05, 0) is 43.3 Å². The average Bonchev–Trinajstić information content (AvgIpc) is 3.22. The summed E-state index contributed by atoms with van der Waals surface area (Å²) in [5.74, 6) is -2.15. The molecule has 0 aliphatic rings. The topological polar surface area (TPSA) is 102 Å². The minimum atomic E-state index is -0.638. The minimum Gasteiger partial charge on any atom is -0.462 e. The summed E-state index contributed by atoms with van der Waals surface area (Å²) in [5, 5.41) is 4.49. The molecule has 1 N–H and O–H groups in total. The van der Waals surface area contributed by atoms with Crippen molar-refractivity contribution in [2.75, 3.05) is 32.6 Å². The molecule has 0 aliphatic carbocycles. The second kappa shape index (κ2) is 9.66. The van der Waals surface area contributed by atoms with Crippen molar-refractivity contribution in [2.24, 2.45) is 0 Å². The number of rotatable bonds is 7. The summed E-state index contributed by atoms with van der Waals surface area (Å²) in [5.41, 5.74) is 1.32. The van der Waals surface area contributed by atoms with E-state index in [-0.39, 0.29) is 23.1 Å². The molecule has 2 heterocycles. The van der Waals surface area contributed by atoms with Crippen molar-refractivity contribution < 1.29 is 28.7 Å². The number of thiophene rings is 2. The summed E-state index contributed by atoms with van der Waals surface area (Å²) in [6.07, 6.45) is 0. The van der Waals surface area contributed by atoms with E-state index in [1.807, 2.05) is 0 Å². The maximum absolute atomic E-state index is 12.4. The van der Waals surface area contributed by atoms with Crippen LogP contribution in [0.5, 0.6) is 0 Å². The van der Waals surface area contributed by atoms with E-state index >= 15 is 0 Å². The fourth-order valence-corrected chi connectivity index (χ4v) is 4.45. The molecule has 0 spiro atoms. The Labute approximate surface area is 176 Å². The van der Waals surface area contributed by atoms with Crippen LogP contribution in [0.25, 0.3) is 0 Å². The Morgan fingerprint density at radius 1 is 1.07 bits per heavy atom. The first kappa shape index (κ1) is 22.6. The summed E-state index contributed by atoms with van der Waals surface area (Å²) in [4.78, 5) is 51.2. The van der Waals surface area contributed by atoms with Gasteiger partial charge in [-0.15, -0.1) is 22.7 Å². The molecule has 0 fully saturated rings. The Hall–Kier alpha value is -2.72. The number of hydrogen-bond acceptors (Lipinski definition) is 8. The van der Waals surface area contributed by atoms with Crippen LogP contribution < -0.4 is 5.32 Å². The molecule has 0 atom stereocenters. The molecule has 0 saturated heterocycles. The Morgan fingerprint density at radius 2 is 1.76 bits per heavy atom. The number of amides is 2. The number of esters is 2. The van der Waals surface area contributed by atoms with E-state index in [1.165, 1.54) is 16.2 Å². The third-order valence-electron chi connectivity index (χ3n) is 3.86. The Balaban J connectivity index is 2.19. The second-order valence-electron chi connectivity index (χ2n) is 6.24. The third-order valence-corrected chi connectivity index (χ3v) is 6.05. The number of hydrogen-bond donors (Lipinski definition) is 1. The smallest absolute Gasteiger partial charge is 0.349 e. The van der Waals surface area contributed by atoms with Crippen molar-refractivity contribution >= 4 is 51.4 Å². The summed E-state index contributed by atoms with van der Waals surface area (Å²) in [7, 11) is 3.19. The normalized spacial score (nSPS) is 10.4. The molecule has 0 aliphatic heterocycles. The highest BCUT2D eigenvalue weighted by molar-refractivity contribution is 7.18. The highest BCUT2D eigenvalue weighted by atomic mass is 32.1. The van der Waals surface area contributed by atoms with Crippen LogP contribution in [0.15, 0.2) is 11.4 Å². The molecule has 2 rings (SSSR count). The standard InChI is InChI=1S/C19H22N2O6S2/c1-6-26-18(24)13-11(3)15(17(23)21(4)5)29-16(13)20-12(22)9-27-19(25)14-10(2)7-8-28-14/h7-8H,6,9H2,1-5H3,(H,20,22). The molecule has 0 bridgehead atoms. The summed E-state index contributed by atoms with van der Waals surface area (Å²) >= 11 is 2.21. The number of nitrogens with zero attached hydrogens (tertiary/aromatic N) is 1. The fraction of sp³-hybridized carbons (Fsp3) is 0.368. The molecular weight excluding hydrogens is 416 g/mol. The van der Waals surface area contributed by atoms with Crippen LogP contribution in [-0.2, 0) is 14.3 Å². The molecule has 156 valence electrons. The van der Waals surface area contributed by atoms with E-state index in [9.17, 15) is 19.2 Å². The Kier molecular flexibility index (Phi) is 7.52. The number of carbonyl (C=O) groups excluding carboxylic acids is 4. The molecule has 8 nitrogen and oxygen atoms in total. The molecule has 0 radical (unpaired) electrons. The van der Waals surface area contributed by atoms with Gasteiger partial charge >= 0.3 is 11.9 Å². The lowest BCUT2D eigenvalue weighted by Gasteiger charge is -2.09. The van der Waals surface area contributed by atoms with Crippen molar-refractivity contribution in [3.63, 3.8) is 0 Å². The zero-order valence-electron chi connectivity index (χ0n) is 16.8. The van der Waals surface area contributed by atoms with Crippen molar-refractivity contribution in [2.45, 2.75) is 20.8 Å². The largest absolute Gasteiger partial charge is 0.462 e. The van der Waals surface area contributed by atoms with E-state index in [4.69, 9.17) is 9.47 Å². The van der Waals surface area contributed by atoms with Gasteiger partial charge in [0.15, 0.2) is 6.61 Å². The molecule has 0 aromatic carbocycles. The number of anilines is 1. The van der Waals surface area contributed by atoms with Crippen molar-refractivity contribution in [1.82, 2.24) is 4.90 Å². The van der Waals surface area contributed by atoms with Crippen LogP contribution in [0.2, 0.25) is 0 Å². The lowest BCUT2D eigenvalue weighted by atomic mass is 10.1. The van der Waals surface area contributed by atoms with Gasteiger partial charge in [0.05, 0.1) is 17.0 Å². The molecule has 10 heteroatoms. The quantitative estimate of drug-likeness (QED) is 0.667. The highest BCUT2D eigenvalue weighted by Gasteiger charge is 2.27. The summed E-state index contributed by atoms with van der Waals surface area (Å²) in [6.45, 7) is 4.68. The SMILES string of the molecule is CCOC(=O)c1c(NC(=O)COC(=O)c2sccc2C)sc(C(=O)N(C)C)c1C. The van der Waals surface area contributed by atoms with Gasteiger partial charge in [0.1, 0.15) is 9.88 Å². The van der Waals surface area contributed by atoms with Gasteiger partial charge in [0, 0.05) is 14.1 Å². The predicted octanol–water partition coefficient (Wildman–Crippen LogP) is 3.10. The van der Waals surface area contributed by atoms with Gasteiger partial charge in [0.2, 0.25) is 0 Å². The van der Waals surface area contributed by atoms with E-state index < -0.39 is 24.5 Å². The van der Waals surface area contributed by atoms with Gasteiger partial charge in [0.25, 0.3) is 11.8 Å². The van der Waals surface area contributed by atoms with Gasteiger partial charge in [-0.3, -0.25) is 9.59 Å². The third kappa shape index (κ3) is 5.21. The first-order valence-corrected chi connectivity index (χ1v) is 10.4. The molecule has 2 aromatic rings. The van der Waals surface area contributed by atoms with Crippen LogP contribution >= 0.6 is 22.7 Å². The Morgan fingerprint density at radius 3 is 2.31 bits per heavy atom. The van der Waals surface area contributed by atoms with Gasteiger partial charge in [-0.2, -0.15) is 0 Å². The molecule has 29 heavy (non-hydrogen) atoms. The fourth-order valence-electron chi connectivity index (χ4n) is 2.40. The van der Waals surface area contributed by atoms with Crippen molar-refractivity contribution in [1.29, 1.82) is 0 Å². The van der Waals surface area contributed by atoms with Crippen LogP contribution in [0.1, 0.15) is 47.8 Å². The number of nitrogens with one attached hydrogen (secondary N) is 1. The van der Waals surface area contributed by atoms with Gasteiger partial charge in [-0.1, -0.05) is 0 Å². The lowest BCUT2D eigenvalue weighted by Crippen LogP contribution is -2.22. The van der Waals surface area contributed by atoms with E-state index in [0.29, 0.717) is 15.3 Å². The van der Waals surface area contributed by atoms with Crippen LogP contribution in [-0.4, -0.2) is 56.0 Å². The molecular formula is C19H22N2O6S2. The summed E-state index contributed by atoms with van der Waals surface area (Å²) in [6, 6.07) is 1.78. The van der Waals surface area contributed by atoms with E-state index in [2.05, 4.69) is 5.32 Å². The van der Waals surface area contributed by atoms with Crippen LogP contribution in [0.4, 0.5) is 5.00 Å². The summed E-state index contributed by atoms with van der Waals surface area (Å²) < 4.78 is 10.1. The lowest BCUT2D eigenvalue weighted by molar-refractivity contribution is -0.119. The number of aryl methyl sites for hydroxylation is 1. The zero-order chi connectivity index (χ0) is 21.7. The average molecular weight is 439 g/mol. The first-order chi connectivity index (χ1) is 13.7. The van der Waals surface area contributed by atoms with Crippen LogP contribution in [0, 0.1) is 13.8 Å². The Bertz CT molecular complexity index is 945. The monoisotopic (exact) mass is 438 g/mol. The number of ether oxygens (including phenoxy) is 2. The van der Waals surface area contributed by atoms with Gasteiger partial charge in [-0.25, -0.2) is 9.59 Å². The predicted molar refractivity (Wildman–Crippen MR) is 111 cm³/mol. The van der Waals surface area contributed by atoms with E-state index in [0.717, 1.165) is 16.9 Å². The molecule has 2 aromatic heterocycles. The van der Waals surface area contributed by atoms with Gasteiger partial charge < -0.3 is 19.7 Å². The minimum absolute atomic E-state index is 0.121. The van der Waals surface area contributed by atoms with Crippen molar-refractivity contribution in [3.05, 3.63) is 37.9 Å². The maximum Gasteiger partial charge on any atom is 0.349 e. The van der Waals surface area contributed by atoms with Crippen LogP contribution in [0.3, 0.4) is 0 Å². The molecule has 0 saturated carbocycles. The molecule has 2 amide bonds. The number of carbonyl (C=O) groups is 4.